The van der Waals surface area contributed by atoms with Crippen LogP contribution in [0.1, 0.15) is 5.69 Å². The van der Waals surface area contributed by atoms with Crippen LogP contribution in [0.5, 0.6) is 0 Å². The number of hydrogen-bond donors (Lipinski definition) is 1. The zero-order valence-electron chi connectivity index (χ0n) is 12.7. The molecule has 1 N–H and O–H groups in total. The van der Waals surface area contributed by atoms with Crippen molar-refractivity contribution in [3.05, 3.63) is 48.0 Å². The molecule has 0 bridgehead atoms. The van der Waals surface area contributed by atoms with Gasteiger partial charge in [0.15, 0.2) is 5.65 Å². The smallest absolute Gasteiger partial charge is 0.234 e. The van der Waals surface area contributed by atoms with Crippen molar-refractivity contribution >= 4 is 34.4 Å². The molecule has 0 saturated heterocycles. The summed E-state index contributed by atoms with van der Waals surface area (Å²) in [5.41, 5.74) is 2.22. The Bertz CT molecular complexity index is 878. The van der Waals surface area contributed by atoms with Gasteiger partial charge in [-0.3, -0.25) is 9.48 Å². The van der Waals surface area contributed by atoms with Gasteiger partial charge < -0.3 is 5.32 Å². The van der Waals surface area contributed by atoms with E-state index in [2.05, 4.69) is 15.4 Å². The van der Waals surface area contributed by atoms with Crippen LogP contribution in [0.4, 0.5) is 10.1 Å². The number of halogens is 1. The summed E-state index contributed by atoms with van der Waals surface area (Å²) in [7, 11) is 1.83. The molecule has 0 saturated carbocycles. The van der Waals surface area contributed by atoms with Crippen LogP contribution in [0.3, 0.4) is 0 Å². The van der Waals surface area contributed by atoms with E-state index >= 15 is 0 Å². The fourth-order valence-electron chi connectivity index (χ4n) is 2.28. The van der Waals surface area contributed by atoms with Crippen molar-refractivity contribution in [3.8, 4) is 0 Å². The van der Waals surface area contributed by atoms with Gasteiger partial charge in [0.25, 0.3) is 0 Å². The molecule has 0 fully saturated rings. The number of pyridine rings is 1. The third-order valence-electron chi connectivity index (χ3n) is 3.34. The van der Waals surface area contributed by atoms with Gasteiger partial charge in [0.1, 0.15) is 5.82 Å². The predicted octanol–water partition coefficient (Wildman–Crippen LogP) is 3.15. The van der Waals surface area contributed by atoms with E-state index < -0.39 is 0 Å². The Kier molecular flexibility index (Phi) is 4.29. The molecule has 3 aromatic rings. The summed E-state index contributed by atoms with van der Waals surface area (Å²) in [5.74, 6) is -0.398. The molecule has 1 aromatic carbocycles. The lowest BCUT2D eigenvalue weighted by molar-refractivity contribution is -0.113. The molecule has 0 radical (unpaired) electrons. The van der Waals surface area contributed by atoms with E-state index in [-0.39, 0.29) is 17.5 Å². The molecule has 2 aromatic heterocycles. The predicted molar refractivity (Wildman–Crippen MR) is 89.0 cm³/mol. The number of nitrogens with zero attached hydrogens (tertiary/aromatic N) is 3. The average Bonchev–Trinajstić information content (AvgIpc) is 2.81. The van der Waals surface area contributed by atoms with Crippen molar-refractivity contribution in [2.24, 2.45) is 7.05 Å². The molecule has 3 rings (SSSR count). The van der Waals surface area contributed by atoms with Crippen molar-refractivity contribution in [1.82, 2.24) is 14.8 Å². The number of hydrogen-bond acceptors (Lipinski definition) is 4. The normalized spacial score (nSPS) is 10.9. The minimum absolute atomic E-state index is 0.130. The Morgan fingerprint density at radius 2 is 2.17 bits per heavy atom. The average molecular weight is 330 g/mol. The summed E-state index contributed by atoms with van der Waals surface area (Å²) in [6, 6.07) is 8.24. The van der Waals surface area contributed by atoms with E-state index in [1.165, 1.54) is 6.07 Å². The highest BCUT2D eigenvalue weighted by Crippen LogP contribution is 2.22. The van der Waals surface area contributed by atoms with Crippen LogP contribution in [0.15, 0.2) is 41.4 Å². The number of benzene rings is 1. The molecule has 2 heterocycles. The maximum Gasteiger partial charge on any atom is 0.234 e. The number of fused-ring (bicyclic) bond motifs is 1. The molecular formula is C16H15FN4OS. The SMILES string of the molecule is Cc1nn(C)c2ncc(NC(=O)CSc3ccccc3F)cc12. The van der Waals surface area contributed by atoms with E-state index in [1.54, 1.807) is 29.1 Å². The highest BCUT2D eigenvalue weighted by molar-refractivity contribution is 8.00. The first-order chi connectivity index (χ1) is 11.0. The lowest BCUT2D eigenvalue weighted by Crippen LogP contribution is -2.14. The molecule has 0 aliphatic rings. The molecule has 7 heteroatoms. The number of nitrogens with one attached hydrogen (secondary N) is 1. The van der Waals surface area contributed by atoms with Gasteiger partial charge in [-0.2, -0.15) is 5.10 Å². The molecule has 0 spiro atoms. The fraction of sp³-hybridized carbons (Fsp3) is 0.188. The van der Waals surface area contributed by atoms with Crippen molar-refractivity contribution in [3.63, 3.8) is 0 Å². The van der Waals surface area contributed by atoms with Gasteiger partial charge in [0.05, 0.1) is 23.3 Å². The molecule has 5 nitrogen and oxygen atoms in total. The number of thioether (sulfide) groups is 1. The van der Waals surface area contributed by atoms with E-state index in [0.717, 1.165) is 28.5 Å². The Morgan fingerprint density at radius 1 is 1.39 bits per heavy atom. The Hall–Kier alpha value is -2.41. The number of rotatable bonds is 4. The second-order valence-electron chi connectivity index (χ2n) is 5.07. The standard InChI is InChI=1S/C16H15FN4OS/c1-10-12-7-11(8-18-16(12)21(2)20-10)19-15(22)9-23-14-6-4-3-5-13(14)17/h3-8H,9H2,1-2H3,(H,19,22). The highest BCUT2D eigenvalue weighted by atomic mass is 32.2. The zero-order chi connectivity index (χ0) is 16.4. The van der Waals surface area contributed by atoms with E-state index in [0.29, 0.717) is 10.6 Å². The molecule has 0 atom stereocenters. The summed E-state index contributed by atoms with van der Waals surface area (Å²) in [6.07, 6.45) is 1.59. The largest absolute Gasteiger partial charge is 0.324 e. The van der Waals surface area contributed by atoms with Gasteiger partial charge in [-0.1, -0.05) is 12.1 Å². The molecular weight excluding hydrogens is 315 g/mol. The first-order valence-electron chi connectivity index (χ1n) is 7.01. The Morgan fingerprint density at radius 3 is 2.96 bits per heavy atom. The summed E-state index contributed by atoms with van der Waals surface area (Å²) in [4.78, 5) is 16.8. The molecule has 118 valence electrons. The summed E-state index contributed by atoms with van der Waals surface area (Å²) >= 11 is 1.16. The maximum absolute atomic E-state index is 13.5. The number of carbonyl (C=O) groups excluding carboxylic acids is 1. The van der Waals surface area contributed by atoms with E-state index in [1.807, 2.05) is 20.0 Å². The lowest BCUT2D eigenvalue weighted by atomic mass is 10.2. The van der Waals surface area contributed by atoms with Crippen LogP contribution < -0.4 is 5.32 Å². The number of aryl methyl sites for hydroxylation is 2. The summed E-state index contributed by atoms with van der Waals surface area (Å²) < 4.78 is 15.2. The van der Waals surface area contributed by atoms with Gasteiger partial charge in [0, 0.05) is 17.3 Å². The quantitative estimate of drug-likeness (QED) is 0.747. The molecule has 1 amide bonds. The molecule has 23 heavy (non-hydrogen) atoms. The number of aromatic nitrogens is 3. The van der Waals surface area contributed by atoms with Crippen LogP contribution in [0.25, 0.3) is 11.0 Å². The monoisotopic (exact) mass is 330 g/mol. The lowest BCUT2D eigenvalue weighted by Gasteiger charge is -2.06. The second kappa shape index (κ2) is 6.37. The fourth-order valence-corrected chi connectivity index (χ4v) is 3.02. The number of anilines is 1. The number of amides is 1. The van der Waals surface area contributed by atoms with Crippen LogP contribution in [0.2, 0.25) is 0 Å². The van der Waals surface area contributed by atoms with Gasteiger partial charge in [0.2, 0.25) is 5.91 Å². The minimum Gasteiger partial charge on any atom is -0.324 e. The van der Waals surface area contributed by atoms with Crippen molar-refractivity contribution in [2.45, 2.75) is 11.8 Å². The van der Waals surface area contributed by atoms with Gasteiger partial charge in [-0.25, -0.2) is 9.37 Å². The Labute approximate surface area is 136 Å². The van der Waals surface area contributed by atoms with Crippen LogP contribution in [-0.2, 0) is 11.8 Å². The molecule has 0 aliphatic heterocycles. The number of carbonyl (C=O) groups is 1. The third-order valence-corrected chi connectivity index (χ3v) is 4.39. The van der Waals surface area contributed by atoms with Gasteiger partial charge in [-0.15, -0.1) is 11.8 Å². The summed E-state index contributed by atoms with van der Waals surface area (Å²) in [6.45, 7) is 1.89. The van der Waals surface area contributed by atoms with E-state index in [9.17, 15) is 9.18 Å². The van der Waals surface area contributed by atoms with Crippen molar-refractivity contribution in [1.29, 1.82) is 0 Å². The van der Waals surface area contributed by atoms with Gasteiger partial charge in [-0.05, 0) is 25.1 Å². The van der Waals surface area contributed by atoms with E-state index in [4.69, 9.17) is 0 Å². The van der Waals surface area contributed by atoms with Crippen molar-refractivity contribution in [2.75, 3.05) is 11.1 Å². The Balaban J connectivity index is 1.68. The third kappa shape index (κ3) is 3.34. The highest BCUT2D eigenvalue weighted by Gasteiger charge is 2.10. The van der Waals surface area contributed by atoms with Crippen LogP contribution in [-0.4, -0.2) is 26.4 Å². The van der Waals surface area contributed by atoms with Crippen LogP contribution in [0, 0.1) is 12.7 Å². The first kappa shape index (κ1) is 15.5. The van der Waals surface area contributed by atoms with Crippen LogP contribution >= 0.6 is 11.8 Å². The maximum atomic E-state index is 13.5. The zero-order valence-corrected chi connectivity index (χ0v) is 13.5. The first-order valence-corrected chi connectivity index (χ1v) is 7.99. The second-order valence-corrected chi connectivity index (χ2v) is 6.09. The minimum atomic E-state index is -0.320. The molecule has 0 unspecified atom stereocenters. The molecule has 0 aliphatic carbocycles. The topological polar surface area (TPSA) is 59.8 Å². The van der Waals surface area contributed by atoms with Crippen molar-refractivity contribution < 1.29 is 9.18 Å². The van der Waals surface area contributed by atoms with Gasteiger partial charge >= 0.3 is 0 Å². The summed E-state index contributed by atoms with van der Waals surface area (Å²) in [5, 5.41) is 7.97.